The Bertz CT molecular complexity index is 707. The van der Waals surface area contributed by atoms with Crippen molar-refractivity contribution in [3.05, 3.63) is 41.6 Å². The van der Waals surface area contributed by atoms with Crippen LogP contribution in [0.1, 0.15) is 43.7 Å². The second kappa shape index (κ2) is 7.75. The minimum Gasteiger partial charge on any atom is -0.352 e. The number of carbonyl (C=O) groups excluding carboxylic acids is 1. The van der Waals surface area contributed by atoms with E-state index in [1.165, 1.54) is 31.5 Å². The van der Waals surface area contributed by atoms with Crippen LogP contribution >= 0.6 is 0 Å². The topological polar surface area (TPSA) is 45.2 Å². The number of rotatable bonds is 6. The van der Waals surface area contributed by atoms with Crippen LogP contribution in [0.5, 0.6) is 0 Å². The van der Waals surface area contributed by atoms with E-state index < -0.39 is 0 Å². The summed E-state index contributed by atoms with van der Waals surface area (Å²) in [5, 5.41) is 4.20. The lowest BCUT2D eigenvalue weighted by Crippen LogP contribution is -2.32. The van der Waals surface area contributed by atoms with Gasteiger partial charge < -0.3 is 10.2 Å². The molecule has 1 aliphatic heterocycles. The van der Waals surface area contributed by atoms with Gasteiger partial charge in [0.2, 0.25) is 5.91 Å². The van der Waals surface area contributed by atoms with Gasteiger partial charge in [0, 0.05) is 30.6 Å². The molecule has 0 unspecified atom stereocenters. The van der Waals surface area contributed by atoms with Crippen LogP contribution in [-0.2, 0) is 11.3 Å². The zero-order valence-corrected chi connectivity index (χ0v) is 14.7. The number of benzene rings is 1. The Kier molecular flexibility index (Phi) is 5.46. The van der Waals surface area contributed by atoms with Gasteiger partial charge in [-0.1, -0.05) is 18.2 Å². The molecule has 0 aliphatic carbocycles. The Morgan fingerprint density at radius 3 is 2.88 bits per heavy atom. The predicted octanol–water partition coefficient (Wildman–Crippen LogP) is 3.42. The average Bonchev–Trinajstić information content (AvgIpc) is 3.14. The molecule has 1 saturated heterocycles. The molecule has 0 saturated carbocycles. The summed E-state index contributed by atoms with van der Waals surface area (Å²) in [7, 11) is 0. The minimum absolute atomic E-state index is 0.138. The third-order valence-corrected chi connectivity index (χ3v) is 5.09. The molecule has 1 aromatic heterocycles. The van der Waals surface area contributed by atoms with E-state index in [1.807, 2.05) is 12.3 Å². The first-order valence-electron chi connectivity index (χ1n) is 8.99. The van der Waals surface area contributed by atoms with E-state index >= 15 is 0 Å². The molecule has 2 heterocycles. The third-order valence-electron chi connectivity index (χ3n) is 5.09. The molecule has 1 aliphatic rings. The van der Waals surface area contributed by atoms with E-state index in [9.17, 15) is 4.79 Å². The lowest BCUT2D eigenvalue weighted by molar-refractivity contribution is -0.121. The van der Waals surface area contributed by atoms with Gasteiger partial charge in [0.25, 0.3) is 0 Å². The van der Waals surface area contributed by atoms with Crippen molar-refractivity contribution in [3.8, 4) is 0 Å². The first kappa shape index (κ1) is 16.9. The number of likely N-dealkylation sites (tertiary alicyclic amines) is 1. The Labute approximate surface area is 144 Å². The van der Waals surface area contributed by atoms with Crippen molar-refractivity contribution in [2.24, 2.45) is 0 Å². The maximum absolute atomic E-state index is 12.2. The number of amides is 1. The third kappa shape index (κ3) is 3.93. The monoisotopic (exact) mass is 325 g/mol. The van der Waals surface area contributed by atoms with E-state index in [2.05, 4.69) is 47.2 Å². The molecule has 1 N–H and O–H groups in total. The van der Waals surface area contributed by atoms with Crippen molar-refractivity contribution in [1.29, 1.82) is 0 Å². The number of hydrogen-bond donors (Lipinski definition) is 1. The molecular weight excluding hydrogens is 298 g/mol. The molecule has 0 radical (unpaired) electrons. The number of aromatic nitrogens is 1. The Balaban J connectivity index is 1.54. The molecule has 0 spiro atoms. The molecule has 2 aromatic rings. The number of pyridine rings is 1. The quantitative estimate of drug-likeness (QED) is 0.885. The fraction of sp³-hybridized carbons (Fsp3) is 0.500. The average molecular weight is 325 g/mol. The van der Waals surface area contributed by atoms with Crippen LogP contribution < -0.4 is 5.32 Å². The van der Waals surface area contributed by atoms with E-state index in [4.69, 9.17) is 0 Å². The molecular formula is C20H27N3O. The van der Waals surface area contributed by atoms with Gasteiger partial charge in [-0.25, -0.2) is 0 Å². The second-order valence-electron chi connectivity index (χ2n) is 6.85. The summed E-state index contributed by atoms with van der Waals surface area (Å²) in [6.07, 6.45) is 5.94. The molecule has 1 fully saturated rings. The number of fused-ring (bicyclic) bond motifs is 1. The molecule has 0 bridgehead atoms. The zero-order chi connectivity index (χ0) is 16.9. The van der Waals surface area contributed by atoms with Crippen molar-refractivity contribution in [2.45, 2.75) is 52.1 Å². The highest BCUT2D eigenvalue weighted by atomic mass is 16.1. The summed E-state index contributed by atoms with van der Waals surface area (Å²) in [5.74, 6) is 0.138. The van der Waals surface area contributed by atoms with Crippen LogP contribution in [0.25, 0.3) is 10.9 Å². The van der Waals surface area contributed by atoms with Gasteiger partial charge in [0.05, 0.1) is 5.52 Å². The number of carbonyl (C=O) groups is 1. The smallest absolute Gasteiger partial charge is 0.220 e. The molecule has 1 atom stereocenters. The lowest BCUT2D eigenvalue weighted by Gasteiger charge is -2.23. The molecule has 24 heavy (non-hydrogen) atoms. The summed E-state index contributed by atoms with van der Waals surface area (Å²) in [6, 6.07) is 8.69. The number of nitrogens with one attached hydrogen (secondary N) is 1. The highest BCUT2D eigenvalue weighted by Gasteiger charge is 2.18. The van der Waals surface area contributed by atoms with Crippen molar-refractivity contribution in [1.82, 2.24) is 15.2 Å². The van der Waals surface area contributed by atoms with Crippen LogP contribution in [-0.4, -0.2) is 34.9 Å². The van der Waals surface area contributed by atoms with Crippen molar-refractivity contribution >= 4 is 16.8 Å². The van der Waals surface area contributed by atoms with E-state index in [-0.39, 0.29) is 5.91 Å². The zero-order valence-electron chi connectivity index (χ0n) is 14.7. The number of aryl methyl sites for hydroxylation is 1. The van der Waals surface area contributed by atoms with Crippen LogP contribution in [0.4, 0.5) is 0 Å². The summed E-state index contributed by atoms with van der Waals surface area (Å²) in [4.78, 5) is 19.1. The van der Waals surface area contributed by atoms with Crippen LogP contribution in [0.3, 0.4) is 0 Å². The van der Waals surface area contributed by atoms with Crippen LogP contribution in [0, 0.1) is 6.92 Å². The fourth-order valence-electron chi connectivity index (χ4n) is 3.51. The molecule has 4 nitrogen and oxygen atoms in total. The summed E-state index contributed by atoms with van der Waals surface area (Å²) >= 11 is 0. The maximum Gasteiger partial charge on any atom is 0.220 e. The summed E-state index contributed by atoms with van der Waals surface area (Å²) < 4.78 is 0. The second-order valence-corrected chi connectivity index (χ2v) is 6.85. The number of nitrogens with zero attached hydrogens (tertiary/aromatic N) is 2. The fourth-order valence-corrected chi connectivity index (χ4v) is 3.51. The summed E-state index contributed by atoms with van der Waals surface area (Å²) in [6.45, 7) is 7.24. The standard InChI is InChI=1S/C20H27N3O/c1-15-7-9-17(18-6-5-11-21-20(15)18)14-22-19(24)10-8-16(2)23-12-3-4-13-23/h5-7,9,11,16H,3-4,8,10,12-14H2,1-2H3,(H,22,24)/t16-/m1/s1. The lowest BCUT2D eigenvalue weighted by atomic mass is 10.0. The molecule has 4 heteroatoms. The Hall–Kier alpha value is -1.94. The van der Waals surface area contributed by atoms with Gasteiger partial charge in [0.15, 0.2) is 0 Å². The molecule has 3 rings (SSSR count). The van der Waals surface area contributed by atoms with E-state index in [0.717, 1.165) is 22.9 Å². The largest absolute Gasteiger partial charge is 0.352 e. The van der Waals surface area contributed by atoms with Gasteiger partial charge in [-0.15, -0.1) is 0 Å². The number of hydrogen-bond acceptors (Lipinski definition) is 3. The van der Waals surface area contributed by atoms with Gasteiger partial charge in [0.1, 0.15) is 0 Å². The first-order chi connectivity index (χ1) is 11.6. The van der Waals surface area contributed by atoms with Crippen molar-refractivity contribution in [2.75, 3.05) is 13.1 Å². The van der Waals surface area contributed by atoms with Gasteiger partial charge in [-0.2, -0.15) is 0 Å². The van der Waals surface area contributed by atoms with Gasteiger partial charge in [-0.3, -0.25) is 9.78 Å². The van der Waals surface area contributed by atoms with E-state index in [1.54, 1.807) is 0 Å². The highest BCUT2D eigenvalue weighted by molar-refractivity contribution is 5.85. The molecule has 128 valence electrons. The first-order valence-corrected chi connectivity index (χ1v) is 8.99. The van der Waals surface area contributed by atoms with E-state index in [0.29, 0.717) is 19.0 Å². The van der Waals surface area contributed by atoms with Crippen LogP contribution in [0.2, 0.25) is 0 Å². The van der Waals surface area contributed by atoms with Crippen molar-refractivity contribution < 1.29 is 4.79 Å². The highest BCUT2D eigenvalue weighted by Crippen LogP contribution is 2.20. The normalized spacial score (nSPS) is 16.4. The molecule has 1 aromatic carbocycles. The van der Waals surface area contributed by atoms with Gasteiger partial charge in [-0.05, 0) is 63.4 Å². The molecule has 1 amide bonds. The Morgan fingerprint density at radius 2 is 2.08 bits per heavy atom. The minimum atomic E-state index is 0.138. The predicted molar refractivity (Wildman–Crippen MR) is 97.8 cm³/mol. The maximum atomic E-state index is 12.2. The summed E-state index contributed by atoms with van der Waals surface area (Å²) in [5.41, 5.74) is 3.32. The SMILES string of the molecule is Cc1ccc(CNC(=O)CC[C@@H](C)N2CCCC2)c2cccnc12. The van der Waals surface area contributed by atoms with Crippen molar-refractivity contribution in [3.63, 3.8) is 0 Å². The van der Waals surface area contributed by atoms with Gasteiger partial charge >= 0.3 is 0 Å². The Morgan fingerprint density at radius 1 is 1.29 bits per heavy atom. The van der Waals surface area contributed by atoms with Crippen LogP contribution in [0.15, 0.2) is 30.5 Å².